The second-order valence-corrected chi connectivity index (χ2v) is 3.97. The minimum Gasteiger partial charge on any atom is -0.478 e. The van der Waals surface area contributed by atoms with Gasteiger partial charge in [0.25, 0.3) is 0 Å². The van der Waals surface area contributed by atoms with E-state index in [1.807, 2.05) is 0 Å². The average Bonchev–Trinajstić information content (AvgIpc) is 2.43. The second kappa shape index (κ2) is 5.58. The Bertz CT molecular complexity index is 727. The van der Waals surface area contributed by atoms with Crippen molar-refractivity contribution in [3.05, 3.63) is 59.2 Å². The molecule has 0 saturated carbocycles. The van der Waals surface area contributed by atoms with Crippen molar-refractivity contribution in [3.63, 3.8) is 0 Å². The Morgan fingerprint density at radius 1 is 0.952 bits per heavy atom. The van der Waals surface area contributed by atoms with Gasteiger partial charge in [-0.3, -0.25) is 0 Å². The Labute approximate surface area is 117 Å². The molecule has 108 valence electrons. The van der Waals surface area contributed by atoms with Gasteiger partial charge in [0.15, 0.2) is 11.6 Å². The summed E-state index contributed by atoms with van der Waals surface area (Å²) in [6.45, 7) is 0. The molecule has 2 rings (SSSR count). The highest BCUT2D eigenvalue weighted by molar-refractivity contribution is 6.02. The lowest BCUT2D eigenvalue weighted by molar-refractivity contribution is 0.0651. The summed E-state index contributed by atoms with van der Waals surface area (Å²) in [5.41, 5.74) is -0.952. The first-order valence-electron chi connectivity index (χ1n) is 5.62. The van der Waals surface area contributed by atoms with Crippen LogP contribution in [0.15, 0.2) is 36.4 Å². The van der Waals surface area contributed by atoms with E-state index >= 15 is 0 Å². The Morgan fingerprint density at radius 3 is 2.24 bits per heavy atom. The molecule has 0 spiro atoms. The van der Waals surface area contributed by atoms with Gasteiger partial charge in [0.05, 0.1) is 11.1 Å². The Morgan fingerprint density at radius 2 is 1.62 bits per heavy atom. The van der Waals surface area contributed by atoms with Crippen molar-refractivity contribution in [3.8, 4) is 11.5 Å². The highest BCUT2D eigenvalue weighted by Gasteiger charge is 2.18. The minimum absolute atomic E-state index is 0.123. The smallest absolute Gasteiger partial charge is 0.336 e. The lowest BCUT2D eigenvalue weighted by Crippen LogP contribution is -2.08. The second-order valence-electron chi connectivity index (χ2n) is 3.97. The molecule has 0 aliphatic rings. The van der Waals surface area contributed by atoms with E-state index < -0.39 is 40.4 Å². The predicted molar refractivity (Wildman–Crippen MR) is 66.8 cm³/mol. The molecule has 21 heavy (non-hydrogen) atoms. The maximum Gasteiger partial charge on any atom is 0.336 e. The lowest BCUT2D eigenvalue weighted by Gasteiger charge is -2.09. The summed E-state index contributed by atoms with van der Waals surface area (Å²) < 4.78 is 31.5. The third-order valence-corrected chi connectivity index (χ3v) is 2.60. The highest BCUT2D eigenvalue weighted by atomic mass is 19.2. The van der Waals surface area contributed by atoms with Crippen molar-refractivity contribution < 1.29 is 33.3 Å². The minimum atomic E-state index is -1.47. The standard InChI is InChI=1S/C14H8F2O5/c15-10-2-1-3-11(12(10)16)21-7-4-5-8(13(17)18)9(6-7)14(19)20/h1-6H,(H,17,18)(H,19,20). The van der Waals surface area contributed by atoms with Crippen molar-refractivity contribution >= 4 is 11.9 Å². The maximum absolute atomic E-state index is 13.4. The molecule has 0 bridgehead atoms. The van der Waals surface area contributed by atoms with Crippen LogP contribution in [0.5, 0.6) is 11.5 Å². The molecular formula is C14H8F2O5. The first-order valence-corrected chi connectivity index (χ1v) is 5.62. The largest absolute Gasteiger partial charge is 0.478 e. The van der Waals surface area contributed by atoms with Crippen LogP contribution in [0.2, 0.25) is 0 Å². The van der Waals surface area contributed by atoms with Gasteiger partial charge in [-0.25, -0.2) is 14.0 Å². The quantitative estimate of drug-likeness (QED) is 0.905. The van der Waals surface area contributed by atoms with Gasteiger partial charge < -0.3 is 14.9 Å². The fourth-order valence-electron chi connectivity index (χ4n) is 1.64. The van der Waals surface area contributed by atoms with Crippen LogP contribution in [-0.4, -0.2) is 22.2 Å². The molecule has 0 radical (unpaired) electrons. The summed E-state index contributed by atoms with van der Waals surface area (Å²) in [4.78, 5) is 21.9. The molecule has 2 N–H and O–H groups in total. The molecule has 0 aromatic heterocycles. The lowest BCUT2D eigenvalue weighted by atomic mass is 10.1. The summed E-state index contributed by atoms with van der Waals surface area (Å²) >= 11 is 0. The van der Waals surface area contributed by atoms with Crippen LogP contribution >= 0.6 is 0 Å². The summed E-state index contributed by atoms with van der Waals surface area (Å²) in [7, 11) is 0. The molecule has 0 aliphatic carbocycles. The van der Waals surface area contributed by atoms with Crippen molar-refractivity contribution in [1.82, 2.24) is 0 Å². The summed E-state index contributed by atoms with van der Waals surface area (Å²) in [5.74, 6) is -5.80. The zero-order valence-corrected chi connectivity index (χ0v) is 10.3. The van der Waals surface area contributed by atoms with E-state index in [2.05, 4.69) is 0 Å². The third-order valence-electron chi connectivity index (χ3n) is 2.60. The van der Waals surface area contributed by atoms with Crippen LogP contribution in [0.25, 0.3) is 0 Å². The number of benzene rings is 2. The topological polar surface area (TPSA) is 83.8 Å². The number of aromatic carboxylic acids is 2. The van der Waals surface area contributed by atoms with Gasteiger partial charge >= 0.3 is 11.9 Å². The van der Waals surface area contributed by atoms with E-state index in [0.717, 1.165) is 30.3 Å². The molecule has 0 atom stereocenters. The predicted octanol–water partition coefficient (Wildman–Crippen LogP) is 3.15. The SMILES string of the molecule is O=C(O)c1ccc(Oc2cccc(F)c2F)cc1C(=O)O. The fourth-order valence-corrected chi connectivity index (χ4v) is 1.64. The molecule has 0 fully saturated rings. The average molecular weight is 294 g/mol. The maximum atomic E-state index is 13.4. The normalized spacial score (nSPS) is 10.2. The molecule has 0 amide bonds. The van der Waals surface area contributed by atoms with E-state index in [0.29, 0.717) is 0 Å². The van der Waals surface area contributed by atoms with Crippen molar-refractivity contribution in [2.75, 3.05) is 0 Å². The number of carbonyl (C=O) groups is 2. The van der Waals surface area contributed by atoms with E-state index in [1.165, 1.54) is 6.07 Å². The zero-order valence-electron chi connectivity index (χ0n) is 10.3. The van der Waals surface area contributed by atoms with Gasteiger partial charge in [-0.2, -0.15) is 4.39 Å². The van der Waals surface area contributed by atoms with Crippen LogP contribution in [0, 0.1) is 11.6 Å². The Hall–Kier alpha value is -2.96. The van der Waals surface area contributed by atoms with E-state index in [1.54, 1.807) is 0 Å². The van der Waals surface area contributed by atoms with Gasteiger partial charge in [0.1, 0.15) is 5.75 Å². The third kappa shape index (κ3) is 2.97. The van der Waals surface area contributed by atoms with Gasteiger partial charge in [-0.05, 0) is 30.3 Å². The first-order chi connectivity index (χ1) is 9.90. The molecule has 5 nitrogen and oxygen atoms in total. The summed E-state index contributed by atoms with van der Waals surface area (Å²) in [6.07, 6.45) is 0. The van der Waals surface area contributed by atoms with Gasteiger partial charge in [-0.15, -0.1) is 0 Å². The van der Waals surface area contributed by atoms with Crippen molar-refractivity contribution in [2.45, 2.75) is 0 Å². The molecule has 0 saturated heterocycles. The number of carboxylic acids is 2. The van der Waals surface area contributed by atoms with Crippen LogP contribution < -0.4 is 4.74 Å². The van der Waals surface area contributed by atoms with Crippen LogP contribution in [-0.2, 0) is 0 Å². The van der Waals surface area contributed by atoms with Crippen LogP contribution in [0.1, 0.15) is 20.7 Å². The van der Waals surface area contributed by atoms with Crippen molar-refractivity contribution in [2.24, 2.45) is 0 Å². The molecule has 0 aliphatic heterocycles. The molecule has 0 heterocycles. The van der Waals surface area contributed by atoms with Crippen LogP contribution in [0.3, 0.4) is 0 Å². The molecule has 7 heteroatoms. The molecular weight excluding hydrogens is 286 g/mol. The molecule has 2 aromatic carbocycles. The van der Waals surface area contributed by atoms with E-state index in [9.17, 15) is 18.4 Å². The zero-order chi connectivity index (χ0) is 15.6. The van der Waals surface area contributed by atoms with Crippen molar-refractivity contribution in [1.29, 1.82) is 0 Å². The number of ether oxygens (including phenoxy) is 1. The number of hydrogen-bond donors (Lipinski definition) is 2. The van der Waals surface area contributed by atoms with Gasteiger partial charge in [0.2, 0.25) is 5.82 Å². The number of rotatable bonds is 4. The number of carboxylic acid groups (broad SMARTS) is 2. The molecule has 2 aromatic rings. The van der Waals surface area contributed by atoms with E-state index in [-0.39, 0.29) is 5.75 Å². The molecule has 0 unspecified atom stereocenters. The number of hydrogen-bond acceptors (Lipinski definition) is 3. The monoisotopic (exact) mass is 294 g/mol. The van der Waals surface area contributed by atoms with Gasteiger partial charge in [0, 0.05) is 0 Å². The summed E-state index contributed by atoms with van der Waals surface area (Å²) in [5, 5.41) is 17.8. The van der Waals surface area contributed by atoms with Gasteiger partial charge in [-0.1, -0.05) is 6.07 Å². The fraction of sp³-hybridized carbons (Fsp3) is 0. The van der Waals surface area contributed by atoms with E-state index in [4.69, 9.17) is 14.9 Å². The first kappa shape index (κ1) is 14.4. The Balaban J connectivity index is 2.42. The highest BCUT2D eigenvalue weighted by Crippen LogP contribution is 2.27. The Kier molecular flexibility index (Phi) is 3.84. The van der Waals surface area contributed by atoms with Crippen LogP contribution in [0.4, 0.5) is 8.78 Å². The summed E-state index contributed by atoms with van der Waals surface area (Å²) in [6, 6.07) is 6.37. The number of halogens is 2.